The molecule has 0 saturated heterocycles. The minimum absolute atomic E-state index is 0.0564. The summed E-state index contributed by atoms with van der Waals surface area (Å²) >= 11 is 0. The summed E-state index contributed by atoms with van der Waals surface area (Å²) in [6, 6.07) is 15.1. The lowest BCUT2D eigenvalue weighted by molar-refractivity contribution is -0.139. The standard InChI is InChI=1S/C23H21FN2O4/c1-3-28-23(27)20-14(2)30-22(26)19(12-25)21(20)16-7-5-9-18(11-16)29-13-15-6-4-8-17(24)10-15/h4-11,21H,3,13,26H2,1-2H3. The van der Waals surface area contributed by atoms with E-state index in [0.717, 1.165) is 0 Å². The number of carbonyl (C=O) groups is 1. The highest BCUT2D eigenvalue weighted by molar-refractivity contribution is 5.92. The van der Waals surface area contributed by atoms with E-state index in [9.17, 15) is 14.4 Å². The smallest absolute Gasteiger partial charge is 0.338 e. The third-order valence-corrected chi connectivity index (χ3v) is 4.59. The van der Waals surface area contributed by atoms with E-state index in [1.165, 1.54) is 12.1 Å². The van der Waals surface area contributed by atoms with E-state index in [2.05, 4.69) is 0 Å². The largest absolute Gasteiger partial charge is 0.489 e. The number of allylic oxidation sites excluding steroid dienone is 2. The second-order valence-corrected chi connectivity index (χ2v) is 6.61. The number of rotatable bonds is 6. The molecule has 3 rings (SSSR count). The Balaban J connectivity index is 1.94. The molecule has 0 fully saturated rings. The van der Waals surface area contributed by atoms with Crippen LogP contribution in [0.2, 0.25) is 0 Å². The van der Waals surface area contributed by atoms with Gasteiger partial charge in [-0.1, -0.05) is 24.3 Å². The van der Waals surface area contributed by atoms with Crippen molar-refractivity contribution in [3.05, 3.63) is 88.3 Å². The number of halogens is 1. The van der Waals surface area contributed by atoms with Gasteiger partial charge in [-0.3, -0.25) is 0 Å². The fourth-order valence-corrected chi connectivity index (χ4v) is 3.27. The van der Waals surface area contributed by atoms with Crippen LogP contribution in [0.5, 0.6) is 5.75 Å². The Kier molecular flexibility index (Phi) is 6.38. The van der Waals surface area contributed by atoms with Crippen LogP contribution in [0.15, 0.2) is 71.3 Å². The highest BCUT2D eigenvalue weighted by Gasteiger charge is 2.36. The zero-order chi connectivity index (χ0) is 21.7. The van der Waals surface area contributed by atoms with Gasteiger partial charge in [0.05, 0.1) is 18.1 Å². The van der Waals surface area contributed by atoms with E-state index >= 15 is 0 Å². The van der Waals surface area contributed by atoms with Crippen molar-refractivity contribution in [2.24, 2.45) is 5.73 Å². The zero-order valence-corrected chi connectivity index (χ0v) is 16.6. The molecule has 0 radical (unpaired) electrons. The third-order valence-electron chi connectivity index (χ3n) is 4.59. The number of carbonyl (C=O) groups excluding carboxylic acids is 1. The summed E-state index contributed by atoms with van der Waals surface area (Å²) in [5, 5.41) is 9.65. The van der Waals surface area contributed by atoms with Crippen LogP contribution in [-0.2, 0) is 20.9 Å². The molecule has 30 heavy (non-hydrogen) atoms. The second kappa shape index (κ2) is 9.14. The molecule has 0 aliphatic carbocycles. The summed E-state index contributed by atoms with van der Waals surface area (Å²) < 4.78 is 29.7. The Bertz CT molecular complexity index is 1070. The van der Waals surface area contributed by atoms with Crippen molar-refractivity contribution < 1.29 is 23.4 Å². The fraction of sp³-hybridized carbons (Fsp3) is 0.217. The van der Waals surface area contributed by atoms with Gasteiger partial charge in [-0.05, 0) is 49.2 Å². The van der Waals surface area contributed by atoms with Crippen LogP contribution in [0.25, 0.3) is 0 Å². The quantitative estimate of drug-likeness (QED) is 0.725. The van der Waals surface area contributed by atoms with Gasteiger partial charge in [-0.25, -0.2) is 9.18 Å². The summed E-state index contributed by atoms with van der Waals surface area (Å²) in [6.45, 7) is 3.64. The minimum atomic E-state index is -0.750. The lowest BCUT2D eigenvalue weighted by Crippen LogP contribution is -2.25. The van der Waals surface area contributed by atoms with Crippen molar-refractivity contribution in [1.29, 1.82) is 5.26 Å². The lowest BCUT2D eigenvalue weighted by Gasteiger charge is -2.27. The van der Waals surface area contributed by atoms with Crippen LogP contribution < -0.4 is 10.5 Å². The molecular formula is C23H21FN2O4. The number of benzene rings is 2. The van der Waals surface area contributed by atoms with Gasteiger partial charge >= 0.3 is 5.97 Å². The van der Waals surface area contributed by atoms with Crippen LogP contribution in [0.3, 0.4) is 0 Å². The van der Waals surface area contributed by atoms with Crippen LogP contribution in [-0.4, -0.2) is 12.6 Å². The van der Waals surface area contributed by atoms with Gasteiger partial charge in [0.15, 0.2) is 0 Å². The zero-order valence-electron chi connectivity index (χ0n) is 16.6. The molecule has 0 bridgehead atoms. The number of nitrogens with zero attached hydrogens (tertiary/aromatic N) is 1. The summed E-state index contributed by atoms with van der Waals surface area (Å²) in [5.41, 5.74) is 7.54. The fourth-order valence-electron chi connectivity index (χ4n) is 3.27. The molecule has 0 spiro atoms. The average Bonchev–Trinajstić information content (AvgIpc) is 2.72. The highest BCUT2D eigenvalue weighted by atomic mass is 19.1. The number of hydrogen-bond donors (Lipinski definition) is 1. The summed E-state index contributed by atoms with van der Waals surface area (Å²) in [4.78, 5) is 12.6. The topological polar surface area (TPSA) is 94.6 Å². The van der Waals surface area contributed by atoms with E-state index in [-0.39, 0.29) is 41.8 Å². The maximum absolute atomic E-state index is 13.4. The second-order valence-electron chi connectivity index (χ2n) is 6.61. The molecule has 154 valence electrons. The van der Waals surface area contributed by atoms with Crippen LogP contribution in [0.4, 0.5) is 4.39 Å². The molecule has 0 saturated carbocycles. The van der Waals surface area contributed by atoms with Crippen molar-refractivity contribution in [3.63, 3.8) is 0 Å². The SMILES string of the molecule is CCOC(=O)C1=C(C)OC(N)=C(C#N)C1c1cccc(OCc2cccc(F)c2)c1. The third kappa shape index (κ3) is 4.44. The summed E-state index contributed by atoms with van der Waals surface area (Å²) in [6.07, 6.45) is 0. The molecule has 0 amide bonds. The van der Waals surface area contributed by atoms with Crippen molar-refractivity contribution in [1.82, 2.24) is 0 Å². The van der Waals surface area contributed by atoms with Gasteiger partial charge in [0.25, 0.3) is 0 Å². The Labute approximate surface area is 174 Å². The number of ether oxygens (including phenoxy) is 3. The number of nitrogens with two attached hydrogens (primary N) is 1. The first-order chi connectivity index (χ1) is 14.4. The molecular weight excluding hydrogens is 387 g/mol. The van der Waals surface area contributed by atoms with Gasteiger partial charge < -0.3 is 19.9 Å². The molecule has 2 aromatic rings. The maximum Gasteiger partial charge on any atom is 0.338 e. The van der Waals surface area contributed by atoms with Gasteiger partial charge in [0.2, 0.25) is 5.88 Å². The molecule has 2 aromatic carbocycles. The van der Waals surface area contributed by atoms with E-state index in [0.29, 0.717) is 16.9 Å². The first kappa shape index (κ1) is 20.9. The molecule has 1 aliphatic heterocycles. The minimum Gasteiger partial charge on any atom is -0.489 e. The summed E-state index contributed by atoms with van der Waals surface area (Å²) in [5.74, 6) is -0.946. The predicted molar refractivity (Wildman–Crippen MR) is 107 cm³/mol. The maximum atomic E-state index is 13.4. The first-order valence-electron chi connectivity index (χ1n) is 9.37. The molecule has 2 N–H and O–H groups in total. The molecule has 1 aliphatic rings. The van der Waals surface area contributed by atoms with Crippen LogP contribution in [0.1, 0.15) is 30.9 Å². The van der Waals surface area contributed by atoms with E-state index < -0.39 is 11.9 Å². The Morgan fingerprint density at radius 1 is 1.27 bits per heavy atom. The Morgan fingerprint density at radius 3 is 2.73 bits per heavy atom. The highest BCUT2D eigenvalue weighted by Crippen LogP contribution is 2.40. The predicted octanol–water partition coefficient (Wildman–Crippen LogP) is 4.05. The normalized spacial score (nSPS) is 16.0. The molecule has 1 atom stereocenters. The van der Waals surface area contributed by atoms with E-state index in [4.69, 9.17) is 19.9 Å². The molecule has 1 heterocycles. The van der Waals surface area contributed by atoms with Crippen LogP contribution >= 0.6 is 0 Å². The molecule has 1 unspecified atom stereocenters. The van der Waals surface area contributed by atoms with Gasteiger partial charge in [-0.15, -0.1) is 0 Å². The van der Waals surface area contributed by atoms with Gasteiger partial charge in [0.1, 0.15) is 35.6 Å². The molecule has 0 aromatic heterocycles. The van der Waals surface area contributed by atoms with Crippen molar-refractivity contribution >= 4 is 5.97 Å². The van der Waals surface area contributed by atoms with Crippen molar-refractivity contribution in [3.8, 4) is 11.8 Å². The number of hydrogen-bond acceptors (Lipinski definition) is 6. The molecule has 7 heteroatoms. The van der Waals surface area contributed by atoms with Crippen molar-refractivity contribution in [2.75, 3.05) is 6.61 Å². The lowest BCUT2D eigenvalue weighted by atomic mass is 9.83. The van der Waals surface area contributed by atoms with Crippen molar-refractivity contribution in [2.45, 2.75) is 26.4 Å². The first-order valence-corrected chi connectivity index (χ1v) is 9.37. The molecule has 6 nitrogen and oxygen atoms in total. The monoisotopic (exact) mass is 408 g/mol. The van der Waals surface area contributed by atoms with Crippen LogP contribution in [0, 0.1) is 17.1 Å². The van der Waals surface area contributed by atoms with E-state index in [1.807, 2.05) is 6.07 Å². The summed E-state index contributed by atoms with van der Waals surface area (Å²) in [7, 11) is 0. The van der Waals surface area contributed by atoms with E-state index in [1.54, 1.807) is 50.2 Å². The average molecular weight is 408 g/mol. The Morgan fingerprint density at radius 2 is 2.03 bits per heavy atom. The number of nitriles is 1. The van der Waals surface area contributed by atoms with Gasteiger partial charge in [0, 0.05) is 0 Å². The Hall–Kier alpha value is -3.79. The number of esters is 1. The van der Waals surface area contributed by atoms with Gasteiger partial charge in [-0.2, -0.15) is 5.26 Å².